The lowest BCUT2D eigenvalue weighted by Gasteiger charge is -2.44. The van der Waals surface area contributed by atoms with Crippen LogP contribution < -0.4 is 4.74 Å². The molecule has 5 atom stereocenters. The maximum Gasteiger partial charge on any atom is 0.184 e. The number of ether oxygens (including phenoxy) is 5. The molecule has 0 aromatic heterocycles. The van der Waals surface area contributed by atoms with Gasteiger partial charge in [0.25, 0.3) is 0 Å². The van der Waals surface area contributed by atoms with Gasteiger partial charge in [0.2, 0.25) is 0 Å². The third kappa shape index (κ3) is 6.89. The Balaban J connectivity index is 1.52. The lowest BCUT2D eigenvalue weighted by molar-refractivity contribution is -0.315. The lowest BCUT2D eigenvalue weighted by atomic mass is 9.98. The molecule has 0 radical (unpaired) electrons. The van der Waals surface area contributed by atoms with E-state index < -0.39 is 30.7 Å². The summed E-state index contributed by atoms with van der Waals surface area (Å²) in [5, 5.41) is 20.8. The molecule has 0 aliphatic carbocycles. The maximum atomic E-state index is 10.8. The summed E-state index contributed by atoms with van der Waals surface area (Å²) in [5.41, 5.74) is 2.86. The topological polar surface area (TPSA) is 86.6 Å². The molecule has 1 heterocycles. The van der Waals surface area contributed by atoms with Gasteiger partial charge in [-0.05, 0) is 28.8 Å². The second-order valence-electron chi connectivity index (χ2n) is 8.39. The molecule has 0 bridgehead atoms. The van der Waals surface area contributed by atoms with Gasteiger partial charge in [0, 0.05) is 0 Å². The molecule has 2 N–H and O–H groups in total. The first-order valence-corrected chi connectivity index (χ1v) is 11.7. The van der Waals surface area contributed by atoms with Crippen molar-refractivity contribution in [1.82, 2.24) is 0 Å². The molecule has 0 saturated carbocycles. The average Bonchev–Trinajstić information content (AvgIpc) is 2.91. The average molecular weight is 481 g/mol. The third-order valence-corrected chi connectivity index (χ3v) is 5.96. The van der Waals surface area contributed by atoms with Crippen LogP contribution in [0.5, 0.6) is 5.75 Å². The van der Waals surface area contributed by atoms with Crippen LogP contribution in [0.25, 0.3) is 0 Å². The first kappa shape index (κ1) is 25.3. The monoisotopic (exact) mass is 480 g/mol. The summed E-state index contributed by atoms with van der Waals surface area (Å²) >= 11 is 0. The second-order valence-corrected chi connectivity index (χ2v) is 8.39. The zero-order chi connectivity index (χ0) is 24.5. The van der Waals surface area contributed by atoms with Gasteiger partial charge in [0.15, 0.2) is 6.29 Å². The maximum absolute atomic E-state index is 10.8. The van der Waals surface area contributed by atoms with Crippen LogP contribution in [-0.4, -0.2) is 54.6 Å². The van der Waals surface area contributed by atoms with Crippen LogP contribution in [0.1, 0.15) is 16.7 Å². The van der Waals surface area contributed by atoms with E-state index in [4.69, 9.17) is 23.7 Å². The molecule has 4 rings (SSSR count). The fraction of sp³-hybridized carbons (Fsp3) is 0.357. The van der Waals surface area contributed by atoms with Gasteiger partial charge in [0.1, 0.15) is 30.2 Å². The minimum Gasteiger partial charge on any atom is -0.497 e. The summed E-state index contributed by atoms with van der Waals surface area (Å²) in [6.07, 6.45) is -4.23. The molecule has 3 aromatic rings. The third-order valence-electron chi connectivity index (χ3n) is 5.96. The quantitative estimate of drug-likeness (QED) is 0.435. The molecule has 0 unspecified atom stereocenters. The highest BCUT2D eigenvalue weighted by molar-refractivity contribution is 5.26. The molecule has 1 saturated heterocycles. The Morgan fingerprint density at radius 1 is 0.657 bits per heavy atom. The minimum atomic E-state index is -1.28. The van der Waals surface area contributed by atoms with Gasteiger partial charge in [-0.1, -0.05) is 72.8 Å². The summed E-state index contributed by atoms with van der Waals surface area (Å²) in [6.45, 7) is 0.498. The van der Waals surface area contributed by atoms with Crippen LogP contribution in [0, 0.1) is 0 Å². The van der Waals surface area contributed by atoms with Crippen molar-refractivity contribution >= 4 is 0 Å². The first-order chi connectivity index (χ1) is 17.2. The van der Waals surface area contributed by atoms with Gasteiger partial charge in [-0.15, -0.1) is 0 Å². The normalized spacial score (nSPS) is 24.3. The van der Waals surface area contributed by atoms with E-state index in [1.807, 2.05) is 84.9 Å². The van der Waals surface area contributed by atoms with E-state index >= 15 is 0 Å². The van der Waals surface area contributed by atoms with Crippen LogP contribution in [0.3, 0.4) is 0 Å². The molecule has 7 heteroatoms. The van der Waals surface area contributed by atoms with Gasteiger partial charge >= 0.3 is 0 Å². The Kier molecular flexibility index (Phi) is 9.25. The number of hydrogen-bond donors (Lipinski definition) is 2. The van der Waals surface area contributed by atoms with Gasteiger partial charge in [-0.2, -0.15) is 0 Å². The minimum absolute atomic E-state index is 0.265. The number of rotatable bonds is 11. The number of aliphatic hydroxyl groups excluding tert-OH is 2. The van der Waals surface area contributed by atoms with Crippen LogP contribution >= 0.6 is 0 Å². The van der Waals surface area contributed by atoms with Crippen LogP contribution in [0.4, 0.5) is 0 Å². The lowest BCUT2D eigenvalue weighted by Crippen LogP contribution is -2.61. The van der Waals surface area contributed by atoms with Crippen molar-refractivity contribution in [2.45, 2.75) is 50.5 Å². The van der Waals surface area contributed by atoms with E-state index in [0.29, 0.717) is 6.61 Å². The number of methoxy groups -OCH3 is 1. The predicted molar refractivity (Wildman–Crippen MR) is 130 cm³/mol. The molecule has 3 aromatic carbocycles. The zero-order valence-electron chi connectivity index (χ0n) is 19.7. The molecular formula is C28H32O7. The van der Waals surface area contributed by atoms with Gasteiger partial charge in [-0.25, -0.2) is 0 Å². The Hall–Kier alpha value is -2.78. The molecule has 7 nitrogen and oxygen atoms in total. The fourth-order valence-corrected chi connectivity index (χ4v) is 4.06. The summed E-state index contributed by atoms with van der Waals surface area (Å²) in [6, 6.07) is 27.0. The van der Waals surface area contributed by atoms with E-state index in [-0.39, 0.29) is 19.8 Å². The SMILES string of the molecule is COc1ccc(CO[C@H]2[C@H](OCc3ccccc3)[C@@H](OCc3ccccc3)[C@H](O)O[C@@H]2CO)cc1. The van der Waals surface area contributed by atoms with Crippen LogP contribution in [-0.2, 0) is 38.8 Å². The zero-order valence-corrected chi connectivity index (χ0v) is 19.7. The number of hydrogen-bond acceptors (Lipinski definition) is 7. The highest BCUT2D eigenvalue weighted by Gasteiger charge is 2.47. The summed E-state index contributed by atoms with van der Waals surface area (Å²) in [4.78, 5) is 0. The van der Waals surface area contributed by atoms with Crippen LogP contribution in [0.15, 0.2) is 84.9 Å². The van der Waals surface area contributed by atoms with E-state index in [1.54, 1.807) is 7.11 Å². The van der Waals surface area contributed by atoms with Crippen molar-refractivity contribution in [3.63, 3.8) is 0 Å². The van der Waals surface area contributed by atoms with Crippen molar-refractivity contribution in [2.24, 2.45) is 0 Å². The number of aliphatic hydroxyl groups is 2. The summed E-state index contributed by atoms with van der Waals surface area (Å²) in [7, 11) is 1.62. The fourth-order valence-electron chi connectivity index (χ4n) is 4.06. The first-order valence-electron chi connectivity index (χ1n) is 11.7. The van der Waals surface area contributed by atoms with Gasteiger partial charge in [-0.3, -0.25) is 0 Å². The highest BCUT2D eigenvalue weighted by atomic mass is 16.7. The van der Waals surface area contributed by atoms with E-state index in [0.717, 1.165) is 22.4 Å². The smallest absolute Gasteiger partial charge is 0.184 e. The molecule has 1 fully saturated rings. The van der Waals surface area contributed by atoms with E-state index in [1.165, 1.54) is 0 Å². The predicted octanol–water partition coefficient (Wildman–Crippen LogP) is 3.46. The van der Waals surface area contributed by atoms with Crippen molar-refractivity contribution in [3.05, 3.63) is 102 Å². The molecule has 186 valence electrons. The van der Waals surface area contributed by atoms with Gasteiger partial charge < -0.3 is 33.9 Å². The second kappa shape index (κ2) is 12.8. The standard InChI is InChI=1S/C28H32O7/c1-31-23-14-12-22(13-15-23)19-32-25-24(16-29)35-28(30)27(34-18-21-10-6-3-7-11-21)26(25)33-17-20-8-4-2-5-9-20/h2-15,24-30H,16-19H2,1H3/t24-,25-,26+,27-,28-/m1/s1. The Morgan fingerprint density at radius 2 is 1.14 bits per heavy atom. The van der Waals surface area contributed by atoms with Crippen molar-refractivity contribution in [3.8, 4) is 5.75 Å². The van der Waals surface area contributed by atoms with E-state index in [2.05, 4.69) is 0 Å². The number of benzene rings is 3. The Bertz CT molecular complexity index is 997. The van der Waals surface area contributed by atoms with Crippen LogP contribution in [0.2, 0.25) is 0 Å². The molecule has 35 heavy (non-hydrogen) atoms. The molecule has 0 spiro atoms. The molecule has 0 amide bonds. The van der Waals surface area contributed by atoms with Gasteiger partial charge in [0.05, 0.1) is 33.5 Å². The molecular weight excluding hydrogens is 448 g/mol. The van der Waals surface area contributed by atoms with E-state index in [9.17, 15) is 10.2 Å². The summed E-state index contributed by atoms with van der Waals surface area (Å²) < 4.78 is 29.6. The summed E-state index contributed by atoms with van der Waals surface area (Å²) in [5.74, 6) is 0.754. The van der Waals surface area contributed by atoms with Crippen molar-refractivity contribution < 1.29 is 33.9 Å². The largest absolute Gasteiger partial charge is 0.497 e. The van der Waals surface area contributed by atoms with Crippen molar-refractivity contribution in [1.29, 1.82) is 0 Å². The molecule has 1 aliphatic rings. The Labute approximate surface area is 205 Å². The highest BCUT2D eigenvalue weighted by Crippen LogP contribution is 2.29. The molecule has 1 aliphatic heterocycles. The Morgan fingerprint density at radius 3 is 1.66 bits per heavy atom. The van der Waals surface area contributed by atoms with Crippen molar-refractivity contribution in [2.75, 3.05) is 13.7 Å².